The quantitative estimate of drug-likeness (QED) is 0.281. The summed E-state index contributed by atoms with van der Waals surface area (Å²) in [6.07, 6.45) is 3.41. The van der Waals surface area contributed by atoms with Crippen LogP contribution in [0.3, 0.4) is 0 Å². The van der Waals surface area contributed by atoms with Crippen LogP contribution in [0.5, 0.6) is 5.75 Å². The lowest BCUT2D eigenvalue weighted by molar-refractivity contribution is 0.122. The highest BCUT2D eigenvalue weighted by atomic mass is 19.1. The van der Waals surface area contributed by atoms with Gasteiger partial charge in [-0.15, -0.1) is 0 Å². The van der Waals surface area contributed by atoms with E-state index in [-0.39, 0.29) is 16.7 Å². The van der Waals surface area contributed by atoms with E-state index in [0.29, 0.717) is 54.6 Å². The van der Waals surface area contributed by atoms with E-state index in [1.807, 2.05) is 25.1 Å². The molecule has 7 nitrogen and oxygen atoms in total. The fourth-order valence-corrected chi connectivity index (χ4v) is 4.83. The molecule has 1 fully saturated rings. The molecular weight excluding hydrogens is 500 g/mol. The molecule has 1 saturated heterocycles. The number of morpholine rings is 1. The number of pyridine rings is 3. The van der Waals surface area contributed by atoms with Crippen molar-refractivity contribution in [1.29, 1.82) is 0 Å². The summed E-state index contributed by atoms with van der Waals surface area (Å²) in [6, 6.07) is 16.2. The van der Waals surface area contributed by atoms with Crippen LogP contribution in [0, 0.1) is 18.6 Å². The first kappa shape index (κ1) is 24.7. The van der Waals surface area contributed by atoms with Crippen molar-refractivity contribution in [3.05, 3.63) is 90.3 Å². The summed E-state index contributed by atoms with van der Waals surface area (Å²) in [7, 11) is 0. The third kappa shape index (κ3) is 4.84. The molecule has 5 aromatic rings. The molecule has 0 bridgehead atoms. The third-order valence-electron chi connectivity index (χ3n) is 6.82. The minimum atomic E-state index is -0.718. The number of aromatic hydroxyl groups is 1. The van der Waals surface area contributed by atoms with Gasteiger partial charge in [0.25, 0.3) is 0 Å². The van der Waals surface area contributed by atoms with E-state index in [1.165, 1.54) is 6.07 Å². The highest BCUT2D eigenvalue weighted by molar-refractivity contribution is 5.99. The lowest BCUT2D eigenvalue weighted by Crippen LogP contribution is -2.36. The van der Waals surface area contributed by atoms with Crippen LogP contribution in [0.25, 0.3) is 33.4 Å². The topological polar surface area (TPSA) is 83.4 Å². The molecule has 6 rings (SSSR count). The van der Waals surface area contributed by atoms with Gasteiger partial charge < -0.3 is 20.1 Å². The number of nitrogens with zero attached hydrogens (tertiary/aromatic N) is 4. The molecule has 0 radical (unpaired) electrons. The minimum absolute atomic E-state index is 0.145. The number of hydrogen-bond donors (Lipinski definition) is 2. The van der Waals surface area contributed by atoms with Gasteiger partial charge in [0.1, 0.15) is 23.2 Å². The van der Waals surface area contributed by atoms with Gasteiger partial charge in [-0.25, -0.2) is 18.7 Å². The van der Waals surface area contributed by atoms with E-state index in [1.54, 1.807) is 42.7 Å². The van der Waals surface area contributed by atoms with Gasteiger partial charge in [-0.2, -0.15) is 0 Å². The lowest BCUT2D eigenvalue weighted by atomic mass is 10.0. The Balaban J connectivity index is 1.56. The summed E-state index contributed by atoms with van der Waals surface area (Å²) < 4.78 is 35.2. The van der Waals surface area contributed by atoms with Gasteiger partial charge >= 0.3 is 0 Å². The summed E-state index contributed by atoms with van der Waals surface area (Å²) in [4.78, 5) is 15.9. The molecule has 0 aliphatic carbocycles. The Morgan fingerprint density at radius 2 is 1.77 bits per heavy atom. The molecule has 0 spiro atoms. The van der Waals surface area contributed by atoms with Crippen LogP contribution in [-0.4, -0.2) is 46.4 Å². The van der Waals surface area contributed by atoms with Crippen molar-refractivity contribution in [2.45, 2.75) is 6.92 Å². The first-order valence-electron chi connectivity index (χ1n) is 12.6. The second-order valence-electron chi connectivity index (χ2n) is 9.32. The highest BCUT2D eigenvalue weighted by Gasteiger charge is 2.21. The molecule has 1 aliphatic heterocycles. The molecule has 9 heteroatoms. The fourth-order valence-electron chi connectivity index (χ4n) is 4.83. The second kappa shape index (κ2) is 10.3. The van der Waals surface area contributed by atoms with Gasteiger partial charge in [-0.3, -0.25) is 4.98 Å². The maximum atomic E-state index is 15.4. The van der Waals surface area contributed by atoms with E-state index in [0.717, 1.165) is 23.0 Å². The predicted molar refractivity (Wildman–Crippen MR) is 147 cm³/mol. The fraction of sp³-hybridized carbons (Fsp3) is 0.167. The number of rotatable bonds is 5. The molecule has 196 valence electrons. The Hall–Kier alpha value is -4.63. The molecule has 4 heterocycles. The van der Waals surface area contributed by atoms with E-state index in [2.05, 4.69) is 20.2 Å². The molecule has 0 amide bonds. The molecule has 39 heavy (non-hydrogen) atoms. The summed E-state index contributed by atoms with van der Waals surface area (Å²) in [5.41, 5.74) is 4.63. The molecule has 1 aliphatic rings. The molecular formula is C30H25F2N5O2. The third-order valence-corrected chi connectivity index (χ3v) is 6.82. The van der Waals surface area contributed by atoms with Crippen molar-refractivity contribution >= 4 is 28.1 Å². The Morgan fingerprint density at radius 3 is 2.51 bits per heavy atom. The van der Waals surface area contributed by atoms with Crippen molar-refractivity contribution < 1.29 is 18.6 Å². The van der Waals surface area contributed by atoms with E-state index >= 15 is 4.39 Å². The molecule has 2 aromatic carbocycles. The van der Waals surface area contributed by atoms with Crippen molar-refractivity contribution in [2.24, 2.45) is 0 Å². The Kier molecular flexibility index (Phi) is 6.50. The number of hydrogen-bond acceptors (Lipinski definition) is 7. The maximum absolute atomic E-state index is 15.4. The van der Waals surface area contributed by atoms with Crippen LogP contribution in [0.1, 0.15) is 5.56 Å². The summed E-state index contributed by atoms with van der Waals surface area (Å²) >= 11 is 0. The van der Waals surface area contributed by atoms with Crippen molar-refractivity contribution in [1.82, 2.24) is 15.0 Å². The van der Waals surface area contributed by atoms with Gasteiger partial charge in [-0.1, -0.05) is 18.2 Å². The van der Waals surface area contributed by atoms with E-state index < -0.39 is 11.6 Å². The largest absolute Gasteiger partial charge is 0.508 e. The van der Waals surface area contributed by atoms with Gasteiger partial charge in [-0.05, 0) is 36.8 Å². The summed E-state index contributed by atoms with van der Waals surface area (Å²) in [6.45, 7) is 4.43. The number of anilines is 3. The second-order valence-corrected chi connectivity index (χ2v) is 9.32. The van der Waals surface area contributed by atoms with Crippen molar-refractivity contribution in [2.75, 3.05) is 36.5 Å². The Labute approximate surface area is 223 Å². The Morgan fingerprint density at radius 1 is 0.974 bits per heavy atom. The predicted octanol–water partition coefficient (Wildman–Crippen LogP) is 6.23. The van der Waals surface area contributed by atoms with Crippen molar-refractivity contribution in [3.8, 4) is 28.3 Å². The number of benzene rings is 2. The highest BCUT2D eigenvalue weighted by Crippen LogP contribution is 2.40. The standard InChI is InChI=1S/C30H25F2N5O2/c1-18-29(24-4-2-3-9-33-24)36-26-15-20(31)14-23(32)28(26)30(18)35-25-16-27(37-10-12-39-13-11-37)34-17-22(25)19-5-7-21(38)8-6-19/h2-9,14-17,38H,10-13H2,1H3,(H,34,35,36). The van der Waals surface area contributed by atoms with Crippen LogP contribution in [-0.2, 0) is 4.74 Å². The normalized spacial score (nSPS) is 13.6. The number of nitrogens with one attached hydrogen (secondary N) is 1. The number of phenolic OH excluding ortho intramolecular Hbond substituents is 1. The smallest absolute Gasteiger partial charge is 0.137 e. The van der Waals surface area contributed by atoms with Crippen LogP contribution in [0.2, 0.25) is 0 Å². The average molecular weight is 526 g/mol. The minimum Gasteiger partial charge on any atom is -0.508 e. The SMILES string of the molecule is Cc1c(-c2ccccn2)nc2cc(F)cc(F)c2c1Nc1cc(N2CCOCC2)ncc1-c1ccc(O)cc1. The molecule has 0 atom stereocenters. The van der Waals surface area contributed by atoms with E-state index in [9.17, 15) is 9.50 Å². The Bertz CT molecular complexity index is 1660. The maximum Gasteiger partial charge on any atom is 0.137 e. The summed E-state index contributed by atoms with van der Waals surface area (Å²) in [5.74, 6) is -0.538. The van der Waals surface area contributed by atoms with Gasteiger partial charge in [0, 0.05) is 54.8 Å². The monoisotopic (exact) mass is 525 g/mol. The van der Waals surface area contributed by atoms with Crippen LogP contribution < -0.4 is 10.2 Å². The molecule has 2 N–H and O–H groups in total. The zero-order valence-corrected chi connectivity index (χ0v) is 21.2. The van der Waals surface area contributed by atoms with Gasteiger partial charge in [0.15, 0.2) is 0 Å². The van der Waals surface area contributed by atoms with Gasteiger partial charge in [0.05, 0.1) is 46.9 Å². The zero-order chi connectivity index (χ0) is 26.9. The average Bonchev–Trinajstić information content (AvgIpc) is 2.95. The molecule has 3 aromatic heterocycles. The number of fused-ring (bicyclic) bond motifs is 1. The van der Waals surface area contributed by atoms with Crippen LogP contribution >= 0.6 is 0 Å². The van der Waals surface area contributed by atoms with Crippen molar-refractivity contribution in [3.63, 3.8) is 0 Å². The summed E-state index contributed by atoms with van der Waals surface area (Å²) in [5, 5.41) is 13.5. The van der Waals surface area contributed by atoms with Crippen LogP contribution in [0.15, 0.2) is 73.1 Å². The molecule has 0 saturated carbocycles. The first-order chi connectivity index (χ1) is 19.0. The lowest BCUT2D eigenvalue weighted by Gasteiger charge is -2.28. The number of phenols is 1. The van der Waals surface area contributed by atoms with Crippen LogP contribution in [0.4, 0.5) is 26.0 Å². The number of halogens is 2. The first-order valence-corrected chi connectivity index (χ1v) is 12.6. The zero-order valence-electron chi connectivity index (χ0n) is 21.2. The van der Waals surface area contributed by atoms with Gasteiger partial charge in [0.2, 0.25) is 0 Å². The van der Waals surface area contributed by atoms with E-state index in [4.69, 9.17) is 9.72 Å². The number of ether oxygens (including phenoxy) is 1. The molecule has 0 unspecified atom stereocenters. The number of aromatic nitrogens is 3.